The summed E-state index contributed by atoms with van der Waals surface area (Å²) in [7, 11) is 0. The van der Waals surface area contributed by atoms with Crippen molar-refractivity contribution in [2.75, 3.05) is 6.54 Å². The number of aromatic nitrogens is 10. The van der Waals surface area contributed by atoms with Crippen molar-refractivity contribution in [2.45, 2.75) is 137 Å². The number of fused-ring (bicyclic) bond motifs is 6. The normalized spacial score (nSPS) is 9.87. The highest BCUT2D eigenvalue weighted by Crippen LogP contribution is 2.12. The summed E-state index contributed by atoms with van der Waals surface area (Å²) in [5.41, 5.74) is 4.91. The summed E-state index contributed by atoms with van der Waals surface area (Å²) in [6, 6.07) is 55.9. The van der Waals surface area contributed by atoms with E-state index in [0.717, 1.165) is 68.5 Å². The van der Waals surface area contributed by atoms with E-state index in [9.17, 15) is 0 Å². The lowest BCUT2D eigenvalue weighted by Gasteiger charge is -1.91. The number of nitrogens with zero attached hydrogens (tertiary/aromatic N) is 12. The average molecular weight is 1250 g/mol. The Kier molecular flexibility index (Phi) is 63.4. The number of pyridine rings is 2. The second kappa shape index (κ2) is 67.7. The van der Waals surface area contributed by atoms with Gasteiger partial charge in [-0.3, -0.25) is 29.9 Å². The number of benzene rings is 6. The van der Waals surface area contributed by atoms with Crippen LogP contribution >= 0.6 is 0 Å². The summed E-state index contributed by atoms with van der Waals surface area (Å²) in [5, 5.41) is 23.4. The number of hydrogen-bond donors (Lipinski definition) is 0. The lowest BCUT2D eigenvalue weighted by Crippen LogP contribution is -1.79. The van der Waals surface area contributed by atoms with E-state index in [1.807, 2.05) is 319 Å². The first-order chi connectivity index (χ1) is 46.3. The van der Waals surface area contributed by atoms with Crippen LogP contribution in [0, 0.1) is 0 Å². The molecule has 3 aliphatic rings. The van der Waals surface area contributed by atoms with Crippen LogP contribution in [0.25, 0.3) is 65.3 Å². The molecule has 0 amide bonds. The maximum absolute atomic E-state index is 4.18. The van der Waals surface area contributed by atoms with Gasteiger partial charge < -0.3 is 0 Å². The minimum absolute atomic E-state index is 0.889. The summed E-state index contributed by atoms with van der Waals surface area (Å²) < 4.78 is 0. The summed E-state index contributed by atoms with van der Waals surface area (Å²) in [5.74, 6) is 0. The van der Waals surface area contributed by atoms with Crippen LogP contribution in [0.2, 0.25) is 0 Å². The van der Waals surface area contributed by atoms with Crippen molar-refractivity contribution in [1.29, 1.82) is 0 Å². The predicted molar refractivity (Wildman–Crippen MR) is 411 cm³/mol. The summed E-state index contributed by atoms with van der Waals surface area (Å²) >= 11 is 0. The van der Waals surface area contributed by atoms with E-state index in [1.54, 1.807) is 49.7 Å². The molecule has 12 nitrogen and oxygen atoms in total. The second-order valence-electron chi connectivity index (χ2n) is 15.7. The number of allylic oxidation sites excluding steroid dienone is 6. The van der Waals surface area contributed by atoms with Gasteiger partial charge in [0.1, 0.15) is 6.33 Å². The van der Waals surface area contributed by atoms with E-state index in [0.29, 0.717) is 0 Å². The molecule has 0 fully saturated rings. The van der Waals surface area contributed by atoms with Crippen LogP contribution in [0.1, 0.15) is 137 Å². The quantitative estimate of drug-likeness (QED) is 0.143. The number of rotatable bonds is 0. The molecule has 8 heterocycles. The smallest absolute Gasteiger partial charge is 0.116 e. The zero-order valence-corrected chi connectivity index (χ0v) is 59.2. The predicted octanol–water partition coefficient (Wildman–Crippen LogP) is 23.3. The van der Waals surface area contributed by atoms with Gasteiger partial charge in [-0.15, -0.1) is 0 Å². The van der Waals surface area contributed by atoms with E-state index in [4.69, 9.17) is 0 Å². The molecule has 0 saturated carbocycles. The third kappa shape index (κ3) is 40.9. The van der Waals surface area contributed by atoms with Crippen LogP contribution in [-0.2, 0) is 0 Å². The van der Waals surface area contributed by atoms with Gasteiger partial charge in [0.15, 0.2) is 0 Å². The first-order valence-electron chi connectivity index (χ1n) is 33.1. The lowest BCUT2D eigenvalue weighted by molar-refractivity contribution is 1.05. The molecule has 6 aromatic heterocycles. The Morgan fingerprint density at radius 2 is 0.699 bits per heavy atom. The topological polar surface area (TPSA) is 154 Å². The fraction of sp³-hybridized carbons (Fsp3) is 0.259. The Morgan fingerprint density at radius 3 is 1.11 bits per heavy atom. The van der Waals surface area contributed by atoms with Crippen LogP contribution in [0.5, 0.6) is 0 Å². The molecule has 0 N–H and O–H groups in total. The Labute approximate surface area is 559 Å². The zero-order chi connectivity index (χ0) is 69.5. The maximum Gasteiger partial charge on any atom is 0.116 e. The molecule has 0 atom stereocenters. The molecule has 6 aromatic carbocycles. The van der Waals surface area contributed by atoms with Gasteiger partial charge in [-0.05, 0) is 71.8 Å². The Hall–Kier alpha value is -10.2. The van der Waals surface area contributed by atoms with Crippen molar-refractivity contribution in [1.82, 2.24) is 50.3 Å². The molecule has 0 saturated heterocycles. The van der Waals surface area contributed by atoms with Crippen LogP contribution < -0.4 is 0 Å². The number of aliphatic imine (C=N–C) groups is 2. The molecule has 93 heavy (non-hydrogen) atoms. The van der Waals surface area contributed by atoms with Crippen molar-refractivity contribution in [3.63, 3.8) is 0 Å². The van der Waals surface area contributed by atoms with Crippen molar-refractivity contribution in [3.05, 3.63) is 281 Å². The third-order valence-corrected chi connectivity index (χ3v) is 10.5. The standard InChI is InChI=1S/2C9H7N.4C8H6N2.C5H6.2C4H5N.9C2H6/c1-2-6-9-8(4-1)5-3-7-10-9;1-2-4-9-7-10-6-5-8(9)3-1;1-2-4-8-7(3-1)5-9-6-10-8;1-2-4-8-6-10-9-5-7(8)3-1;1-2-4-8-7(3-1)9-5-6-10-8;1-2-4-8-7(3-1)5-6-9-10-8;3*1-2-4-5-3-1;9*1-2/h2*1-7H;4*1-6H;1-4H,5H2;1,3-4H,2H2;1-3H,4H2;9*1-2H3. The summed E-state index contributed by atoms with van der Waals surface area (Å²) in [6.45, 7) is 36.9. The van der Waals surface area contributed by atoms with Gasteiger partial charge in [-0.2, -0.15) is 20.4 Å². The monoisotopic (exact) mass is 1250 g/mol. The van der Waals surface area contributed by atoms with Crippen LogP contribution in [0.15, 0.2) is 291 Å². The fourth-order valence-corrected chi connectivity index (χ4v) is 6.74. The molecule has 0 bridgehead atoms. The molecule has 2 aliphatic heterocycles. The molecule has 0 radical (unpaired) electrons. The molecular formula is C81H108N12. The van der Waals surface area contributed by atoms with Crippen LogP contribution in [0.3, 0.4) is 0 Å². The van der Waals surface area contributed by atoms with E-state index in [1.165, 1.54) is 16.2 Å². The molecular weight excluding hydrogens is 1140 g/mol. The fourth-order valence-electron chi connectivity index (χ4n) is 6.74. The SMILES string of the molecule is C1=CCC=C1.C1=CCN=C1.C1=CN=CC1.CC.CC.CC.CC.CC.CC.CC.CC.CC.c1ccc2cnccc2c1.c1ccc2cnncc2c1.c1ccc2ncccc2c1.c1ccc2nccnc2c1.c1ccc2ncncc2c1.c1ccc2nnccc2c1. The molecule has 15 rings (SSSR count). The zero-order valence-electron chi connectivity index (χ0n) is 59.2. The molecule has 1 aliphatic carbocycles. The van der Waals surface area contributed by atoms with Gasteiger partial charge in [0.05, 0.1) is 52.7 Å². The largest absolute Gasteiger partial charge is 0.289 e. The first-order valence-corrected chi connectivity index (χ1v) is 33.1. The van der Waals surface area contributed by atoms with Crippen molar-refractivity contribution >= 4 is 77.7 Å². The van der Waals surface area contributed by atoms with Crippen LogP contribution in [-0.4, -0.2) is 69.3 Å². The molecule has 0 unspecified atom stereocenters. The van der Waals surface area contributed by atoms with Crippen LogP contribution in [0.4, 0.5) is 0 Å². The average Bonchev–Trinajstić information content (AvgIpc) is 4.36. The van der Waals surface area contributed by atoms with E-state index in [2.05, 4.69) is 109 Å². The highest BCUT2D eigenvalue weighted by molar-refractivity contribution is 5.82. The van der Waals surface area contributed by atoms with Gasteiger partial charge >= 0.3 is 0 Å². The van der Waals surface area contributed by atoms with Gasteiger partial charge in [-0.25, -0.2) is 9.97 Å². The number of para-hydroxylation sites is 4. The Bertz CT molecular complexity index is 2740. The first kappa shape index (κ1) is 87.0. The van der Waals surface area contributed by atoms with Crippen molar-refractivity contribution in [3.8, 4) is 0 Å². The molecule has 12 aromatic rings. The highest BCUT2D eigenvalue weighted by atomic mass is 15.1. The van der Waals surface area contributed by atoms with E-state index < -0.39 is 0 Å². The maximum atomic E-state index is 4.18. The summed E-state index contributed by atoms with van der Waals surface area (Å²) in [6.07, 6.45) is 39.4. The van der Waals surface area contributed by atoms with Crippen molar-refractivity contribution < 1.29 is 0 Å². The minimum atomic E-state index is 0.889. The van der Waals surface area contributed by atoms with Gasteiger partial charge in [0.25, 0.3) is 0 Å². The van der Waals surface area contributed by atoms with Gasteiger partial charge in [0.2, 0.25) is 0 Å². The Morgan fingerprint density at radius 1 is 0.280 bits per heavy atom. The third-order valence-electron chi connectivity index (χ3n) is 10.5. The highest BCUT2D eigenvalue weighted by Gasteiger charge is 1.92. The van der Waals surface area contributed by atoms with Crippen molar-refractivity contribution in [2.24, 2.45) is 9.98 Å². The van der Waals surface area contributed by atoms with Gasteiger partial charge in [-0.1, -0.05) is 282 Å². The number of hydrogen-bond acceptors (Lipinski definition) is 12. The summed E-state index contributed by atoms with van der Waals surface area (Å²) in [4.78, 5) is 32.0. The lowest BCUT2D eigenvalue weighted by atomic mass is 10.2. The second-order valence-corrected chi connectivity index (χ2v) is 15.7. The molecule has 492 valence electrons. The minimum Gasteiger partial charge on any atom is -0.289 e. The van der Waals surface area contributed by atoms with Gasteiger partial charge in [0, 0.05) is 89.2 Å². The van der Waals surface area contributed by atoms with E-state index >= 15 is 0 Å². The Balaban J connectivity index is -0.000000958. The molecule has 0 spiro atoms. The van der Waals surface area contributed by atoms with E-state index in [-0.39, 0.29) is 0 Å². The molecule has 12 heteroatoms.